The Morgan fingerprint density at radius 2 is 1.81 bits per heavy atom. The van der Waals surface area contributed by atoms with Crippen molar-refractivity contribution in [1.82, 2.24) is 5.32 Å². The summed E-state index contributed by atoms with van der Waals surface area (Å²) in [5, 5.41) is 3.19. The number of ether oxygens (including phenoxy) is 1. The molecule has 2 aromatic rings. The van der Waals surface area contributed by atoms with Crippen molar-refractivity contribution in [2.24, 2.45) is 0 Å². The Bertz CT molecular complexity index is 949. The highest BCUT2D eigenvalue weighted by Crippen LogP contribution is 2.47. The van der Waals surface area contributed by atoms with Crippen molar-refractivity contribution in [2.45, 2.75) is 12.5 Å². The van der Waals surface area contributed by atoms with Gasteiger partial charge in [-0.2, -0.15) is 8.42 Å². The lowest BCUT2D eigenvalue weighted by atomic mass is 10.2. The zero-order valence-corrected chi connectivity index (χ0v) is 15.3. The first-order valence-corrected chi connectivity index (χ1v) is 10.1. The molecule has 0 radical (unpaired) electrons. The molecule has 1 fully saturated rings. The molecule has 0 amide bonds. The van der Waals surface area contributed by atoms with Gasteiger partial charge in [-0.15, -0.1) is 0 Å². The van der Waals surface area contributed by atoms with Crippen molar-refractivity contribution in [3.8, 4) is 0 Å². The predicted octanol–water partition coefficient (Wildman–Crippen LogP) is 2.55. The topological polar surface area (TPSA) is 61.9 Å². The van der Waals surface area contributed by atoms with Crippen LogP contribution in [-0.4, -0.2) is 40.8 Å². The van der Waals surface area contributed by atoms with E-state index in [1.807, 2.05) is 0 Å². The number of rotatable bonds is 4. The number of halogens is 2. The van der Waals surface area contributed by atoms with E-state index in [2.05, 4.69) is 5.32 Å². The van der Waals surface area contributed by atoms with Crippen LogP contribution in [0, 0.1) is 11.6 Å². The molecule has 144 valence electrons. The summed E-state index contributed by atoms with van der Waals surface area (Å²) in [6, 6.07) is 9.57. The number of morpholine rings is 1. The molecule has 2 aromatic carbocycles. The van der Waals surface area contributed by atoms with Gasteiger partial charge in [0.25, 0.3) is 0 Å². The molecule has 0 unspecified atom stereocenters. The van der Waals surface area contributed by atoms with E-state index in [-0.39, 0.29) is 29.7 Å². The molecule has 2 aliphatic heterocycles. The molecule has 0 spiro atoms. The summed E-state index contributed by atoms with van der Waals surface area (Å²) >= 11 is 0. The smallest absolute Gasteiger partial charge is 0.331 e. The molecule has 6 nitrogen and oxygen atoms in total. The number of para-hydroxylation sites is 2. The summed E-state index contributed by atoms with van der Waals surface area (Å²) in [4.78, 5) is 0. The van der Waals surface area contributed by atoms with Gasteiger partial charge in [-0.3, -0.25) is 4.31 Å². The highest BCUT2D eigenvalue weighted by atomic mass is 32.2. The van der Waals surface area contributed by atoms with Gasteiger partial charge in [-0.1, -0.05) is 18.2 Å². The molecular weight excluding hydrogens is 376 g/mol. The molecule has 0 aromatic heterocycles. The number of benzene rings is 2. The number of fused-ring (bicyclic) bond motifs is 1. The molecule has 1 saturated heterocycles. The Balaban J connectivity index is 1.73. The second kappa shape index (κ2) is 7.06. The van der Waals surface area contributed by atoms with Crippen LogP contribution in [0.25, 0.3) is 0 Å². The van der Waals surface area contributed by atoms with E-state index in [0.29, 0.717) is 19.6 Å². The van der Waals surface area contributed by atoms with E-state index < -0.39 is 21.8 Å². The van der Waals surface area contributed by atoms with E-state index in [1.165, 1.54) is 36.4 Å². The molecule has 27 heavy (non-hydrogen) atoms. The molecule has 0 bridgehead atoms. The van der Waals surface area contributed by atoms with E-state index in [9.17, 15) is 17.2 Å². The minimum atomic E-state index is -4.18. The lowest BCUT2D eigenvalue weighted by Gasteiger charge is -2.26. The molecule has 4 rings (SSSR count). The van der Waals surface area contributed by atoms with Crippen LogP contribution in [0.3, 0.4) is 0 Å². The Labute approximate surface area is 156 Å². The first-order valence-electron chi connectivity index (χ1n) is 8.68. The minimum absolute atomic E-state index is 0.107. The van der Waals surface area contributed by atoms with Gasteiger partial charge in [-0.05, 0) is 30.7 Å². The normalized spacial score (nSPS) is 21.3. The van der Waals surface area contributed by atoms with Crippen molar-refractivity contribution in [3.63, 3.8) is 0 Å². The maximum atomic E-state index is 14.6. The molecule has 0 saturated carbocycles. The number of hydrogen-bond acceptors (Lipinski definition) is 4. The zero-order valence-electron chi connectivity index (χ0n) is 14.4. The fraction of sp³-hybridized carbons (Fsp3) is 0.333. The molecule has 1 N–H and O–H groups in total. The van der Waals surface area contributed by atoms with Gasteiger partial charge in [0.1, 0.15) is 17.3 Å². The quantitative estimate of drug-likeness (QED) is 0.864. The van der Waals surface area contributed by atoms with E-state index in [4.69, 9.17) is 4.74 Å². The number of nitrogens with one attached hydrogen (secondary N) is 1. The zero-order chi connectivity index (χ0) is 19.0. The Morgan fingerprint density at radius 3 is 2.56 bits per heavy atom. The SMILES string of the molecule is O=S1(=O)N(CC[C@@H]2CNCCO2)c2cccc(F)c2N1c1ccccc1F. The van der Waals surface area contributed by atoms with E-state index in [0.717, 1.165) is 21.2 Å². The summed E-state index contributed by atoms with van der Waals surface area (Å²) in [5.74, 6) is -1.46. The van der Waals surface area contributed by atoms with Gasteiger partial charge in [0.05, 0.1) is 24.1 Å². The first kappa shape index (κ1) is 18.1. The Hall–Kier alpha value is -2.23. The molecule has 2 aliphatic rings. The Kier molecular flexibility index (Phi) is 4.75. The van der Waals surface area contributed by atoms with Crippen LogP contribution in [0.4, 0.5) is 25.8 Å². The van der Waals surface area contributed by atoms with E-state index >= 15 is 0 Å². The van der Waals surface area contributed by atoms with E-state index in [1.54, 1.807) is 0 Å². The third-order valence-electron chi connectivity index (χ3n) is 4.68. The average molecular weight is 395 g/mol. The van der Waals surface area contributed by atoms with Crippen LogP contribution in [0.2, 0.25) is 0 Å². The summed E-state index contributed by atoms with van der Waals surface area (Å²) in [5.41, 5.74) is -0.172. The molecule has 0 aliphatic carbocycles. The standard InChI is InChI=1S/C18H19F2N3O3S/c19-14-4-1-2-6-16(14)23-18-15(20)5-3-7-17(18)22(27(23,24)25)10-8-13-12-21-9-11-26-13/h1-7,13,21H,8-12H2/t13-/m1/s1. The predicted molar refractivity (Wildman–Crippen MR) is 98.4 cm³/mol. The van der Waals surface area contributed by atoms with Gasteiger partial charge in [-0.25, -0.2) is 13.1 Å². The summed E-state index contributed by atoms with van der Waals surface area (Å²) < 4.78 is 62.8. The van der Waals surface area contributed by atoms with Crippen LogP contribution in [0.5, 0.6) is 0 Å². The summed E-state index contributed by atoms with van der Waals surface area (Å²) in [6.45, 7) is 2.05. The van der Waals surface area contributed by atoms with Crippen LogP contribution in [-0.2, 0) is 14.9 Å². The average Bonchev–Trinajstić information content (AvgIpc) is 2.89. The van der Waals surface area contributed by atoms with Gasteiger partial charge in [0.15, 0.2) is 0 Å². The fourth-order valence-electron chi connectivity index (χ4n) is 3.41. The lowest BCUT2D eigenvalue weighted by Crippen LogP contribution is -2.42. The number of hydrogen-bond donors (Lipinski definition) is 1. The third kappa shape index (κ3) is 3.15. The van der Waals surface area contributed by atoms with Crippen molar-refractivity contribution >= 4 is 27.3 Å². The van der Waals surface area contributed by atoms with Crippen LogP contribution in [0.15, 0.2) is 42.5 Å². The molecule has 2 heterocycles. The second-order valence-electron chi connectivity index (χ2n) is 6.39. The molecule has 1 atom stereocenters. The molecular formula is C18H19F2N3O3S. The second-order valence-corrected chi connectivity index (χ2v) is 8.09. The van der Waals surface area contributed by atoms with Crippen molar-refractivity contribution in [3.05, 3.63) is 54.1 Å². The highest BCUT2D eigenvalue weighted by Gasteiger charge is 2.44. The lowest BCUT2D eigenvalue weighted by molar-refractivity contribution is 0.0254. The van der Waals surface area contributed by atoms with Crippen molar-refractivity contribution in [1.29, 1.82) is 0 Å². The number of anilines is 3. The maximum Gasteiger partial charge on any atom is 0.331 e. The van der Waals surface area contributed by atoms with Gasteiger partial charge < -0.3 is 10.1 Å². The fourth-order valence-corrected chi connectivity index (χ4v) is 5.15. The van der Waals surface area contributed by atoms with Crippen molar-refractivity contribution in [2.75, 3.05) is 34.9 Å². The highest BCUT2D eigenvalue weighted by molar-refractivity contribution is 7.95. The van der Waals surface area contributed by atoms with Gasteiger partial charge in [0.2, 0.25) is 0 Å². The summed E-state index contributed by atoms with van der Waals surface area (Å²) in [6.07, 6.45) is 0.307. The first-order chi connectivity index (χ1) is 13.0. The minimum Gasteiger partial charge on any atom is -0.376 e. The molecule has 9 heteroatoms. The largest absolute Gasteiger partial charge is 0.376 e. The maximum absolute atomic E-state index is 14.6. The van der Waals surface area contributed by atoms with Gasteiger partial charge in [0, 0.05) is 19.6 Å². The monoisotopic (exact) mass is 395 g/mol. The summed E-state index contributed by atoms with van der Waals surface area (Å²) in [7, 11) is -4.18. The van der Waals surface area contributed by atoms with Crippen LogP contribution >= 0.6 is 0 Å². The van der Waals surface area contributed by atoms with Crippen LogP contribution < -0.4 is 13.9 Å². The van der Waals surface area contributed by atoms with Crippen LogP contribution in [0.1, 0.15) is 6.42 Å². The Morgan fingerprint density at radius 1 is 1.07 bits per heavy atom. The van der Waals surface area contributed by atoms with Gasteiger partial charge >= 0.3 is 10.2 Å². The number of nitrogens with zero attached hydrogens (tertiary/aromatic N) is 2. The van der Waals surface area contributed by atoms with Crippen molar-refractivity contribution < 1.29 is 21.9 Å². The third-order valence-corrected chi connectivity index (χ3v) is 6.45.